The quantitative estimate of drug-likeness (QED) is 0.587. The van der Waals surface area contributed by atoms with Gasteiger partial charge in [-0.3, -0.25) is 14.9 Å². The second-order valence-electron chi connectivity index (χ2n) is 4.43. The fourth-order valence-electron chi connectivity index (χ4n) is 2.26. The lowest BCUT2D eigenvalue weighted by atomic mass is 10.1. The Morgan fingerprint density at radius 2 is 2.35 bits per heavy atom. The van der Waals surface area contributed by atoms with E-state index < -0.39 is 16.9 Å². The third-order valence-electron chi connectivity index (χ3n) is 3.26. The smallest absolute Gasteiger partial charge is 0.311 e. The van der Waals surface area contributed by atoms with E-state index in [1.54, 1.807) is 12.1 Å². The first kappa shape index (κ1) is 14.1. The van der Waals surface area contributed by atoms with Crippen molar-refractivity contribution in [2.75, 3.05) is 31.6 Å². The van der Waals surface area contributed by atoms with Crippen LogP contribution >= 0.6 is 0 Å². The zero-order chi connectivity index (χ0) is 14.7. The van der Waals surface area contributed by atoms with Crippen molar-refractivity contribution in [3.63, 3.8) is 0 Å². The summed E-state index contributed by atoms with van der Waals surface area (Å²) in [5.74, 6) is -0.274. The van der Waals surface area contributed by atoms with Crippen molar-refractivity contribution < 1.29 is 14.5 Å². The maximum atomic E-state index is 11.5. The predicted octanol–water partition coefficient (Wildman–Crippen LogP) is -0.133. The van der Waals surface area contributed by atoms with Gasteiger partial charge in [0.05, 0.1) is 12.0 Å². The van der Waals surface area contributed by atoms with Gasteiger partial charge in [0.25, 0.3) is 0 Å². The van der Waals surface area contributed by atoms with Crippen LogP contribution in [0.3, 0.4) is 0 Å². The van der Waals surface area contributed by atoms with E-state index >= 15 is 0 Å². The molecule has 0 bridgehead atoms. The van der Waals surface area contributed by atoms with Crippen LogP contribution in [0.5, 0.6) is 5.75 Å². The van der Waals surface area contributed by atoms with Crippen LogP contribution in [0, 0.1) is 10.1 Å². The number of carbonyl (C=O) groups excluding carboxylic acids is 1. The van der Waals surface area contributed by atoms with Gasteiger partial charge in [-0.05, 0) is 6.07 Å². The summed E-state index contributed by atoms with van der Waals surface area (Å²) in [5.41, 5.74) is 5.95. The maximum absolute atomic E-state index is 11.5. The van der Waals surface area contributed by atoms with Gasteiger partial charge in [-0.25, -0.2) is 0 Å². The van der Waals surface area contributed by atoms with Gasteiger partial charge in [0, 0.05) is 37.5 Å². The number of hydrogen-bond donors (Lipinski definition) is 2. The van der Waals surface area contributed by atoms with Crippen molar-refractivity contribution in [2.24, 2.45) is 5.73 Å². The van der Waals surface area contributed by atoms with Gasteiger partial charge >= 0.3 is 5.69 Å². The highest BCUT2D eigenvalue weighted by Gasteiger charge is 2.28. The van der Waals surface area contributed by atoms with E-state index in [4.69, 9.17) is 10.5 Å². The van der Waals surface area contributed by atoms with Crippen molar-refractivity contribution in [3.8, 4) is 5.75 Å². The number of nitrogens with zero attached hydrogens (tertiary/aromatic N) is 2. The monoisotopic (exact) mass is 280 g/mol. The zero-order valence-electron chi connectivity index (χ0n) is 11.0. The molecule has 1 saturated heterocycles. The van der Waals surface area contributed by atoms with Gasteiger partial charge < -0.3 is 20.7 Å². The molecule has 0 aromatic heterocycles. The Bertz CT molecular complexity index is 534. The SMILES string of the molecule is COc1cc(N2CCNCC2C(N)=O)ccc1[N+](=O)[O-]. The molecule has 1 heterocycles. The summed E-state index contributed by atoms with van der Waals surface area (Å²) in [6.07, 6.45) is 0. The lowest BCUT2D eigenvalue weighted by Gasteiger charge is -2.36. The number of methoxy groups -OCH3 is 1. The largest absolute Gasteiger partial charge is 0.490 e. The first-order valence-corrected chi connectivity index (χ1v) is 6.13. The summed E-state index contributed by atoms with van der Waals surface area (Å²) in [4.78, 5) is 23.7. The second-order valence-corrected chi connectivity index (χ2v) is 4.43. The normalized spacial score (nSPS) is 18.6. The van der Waals surface area contributed by atoms with Crippen LogP contribution in [-0.2, 0) is 4.79 Å². The average molecular weight is 280 g/mol. The number of nitrogens with one attached hydrogen (secondary N) is 1. The summed E-state index contributed by atoms with van der Waals surface area (Å²) in [7, 11) is 1.37. The van der Waals surface area contributed by atoms with E-state index in [0.717, 1.165) is 0 Å². The molecule has 8 heteroatoms. The van der Waals surface area contributed by atoms with Crippen LogP contribution in [0.1, 0.15) is 0 Å². The number of piperazine rings is 1. The Morgan fingerprint density at radius 3 is 2.95 bits per heavy atom. The van der Waals surface area contributed by atoms with Gasteiger partial charge in [0.2, 0.25) is 5.91 Å². The molecule has 1 fully saturated rings. The fraction of sp³-hybridized carbons (Fsp3) is 0.417. The molecule has 1 aromatic rings. The van der Waals surface area contributed by atoms with E-state index in [2.05, 4.69) is 5.32 Å². The molecule has 1 aromatic carbocycles. The van der Waals surface area contributed by atoms with Crippen LogP contribution in [0.25, 0.3) is 0 Å². The molecule has 1 unspecified atom stereocenters. The van der Waals surface area contributed by atoms with Crippen molar-refractivity contribution >= 4 is 17.3 Å². The fourth-order valence-corrected chi connectivity index (χ4v) is 2.26. The molecular formula is C12H16N4O4. The molecular weight excluding hydrogens is 264 g/mol. The van der Waals surface area contributed by atoms with Gasteiger partial charge in [0.15, 0.2) is 5.75 Å². The first-order chi connectivity index (χ1) is 9.54. The number of nitrogens with two attached hydrogens (primary N) is 1. The maximum Gasteiger partial charge on any atom is 0.311 e. The van der Waals surface area contributed by atoms with Gasteiger partial charge in [-0.1, -0.05) is 0 Å². The summed E-state index contributed by atoms with van der Waals surface area (Å²) in [5, 5.41) is 14.0. The van der Waals surface area contributed by atoms with Crippen molar-refractivity contribution in [1.82, 2.24) is 5.32 Å². The van der Waals surface area contributed by atoms with Crippen molar-refractivity contribution in [1.29, 1.82) is 0 Å². The number of primary amides is 1. The predicted molar refractivity (Wildman–Crippen MR) is 72.8 cm³/mol. The van der Waals surface area contributed by atoms with E-state index in [9.17, 15) is 14.9 Å². The van der Waals surface area contributed by atoms with E-state index in [0.29, 0.717) is 25.3 Å². The van der Waals surface area contributed by atoms with Crippen molar-refractivity contribution in [3.05, 3.63) is 28.3 Å². The number of amides is 1. The number of nitro benzene ring substituents is 1. The lowest BCUT2D eigenvalue weighted by molar-refractivity contribution is -0.385. The standard InChI is InChI=1S/C12H16N4O4/c1-20-11-6-8(2-3-9(11)16(18)19)15-5-4-14-7-10(15)12(13)17/h2-3,6,10,14H,4-5,7H2,1H3,(H2,13,17). The molecule has 20 heavy (non-hydrogen) atoms. The summed E-state index contributed by atoms with van der Waals surface area (Å²) in [6, 6.07) is 4.05. The minimum atomic E-state index is -0.508. The Morgan fingerprint density at radius 1 is 1.60 bits per heavy atom. The van der Waals surface area contributed by atoms with Gasteiger partial charge in [-0.2, -0.15) is 0 Å². The van der Waals surface area contributed by atoms with Crippen LogP contribution in [0.15, 0.2) is 18.2 Å². The molecule has 3 N–H and O–H groups in total. The Kier molecular flexibility index (Phi) is 4.04. The van der Waals surface area contributed by atoms with Crippen molar-refractivity contribution in [2.45, 2.75) is 6.04 Å². The van der Waals surface area contributed by atoms with E-state index in [-0.39, 0.29) is 11.4 Å². The zero-order valence-corrected chi connectivity index (χ0v) is 11.0. The first-order valence-electron chi connectivity index (χ1n) is 6.13. The summed E-state index contributed by atoms with van der Waals surface area (Å²) in [6.45, 7) is 1.76. The minimum absolute atomic E-state index is 0.109. The molecule has 0 aliphatic carbocycles. The molecule has 1 atom stereocenters. The number of anilines is 1. The third kappa shape index (κ3) is 2.64. The molecule has 1 amide bonds. The number of hydrogen-bond acceptors (Lipinski definition) is 6. The molecule has 0 radical (unpaired) electrons. The molecule has 108 valence electrons. The molecule has 0 saturated carbocycles. The Balaban J connectivity index is 2.36. The highest BCUT2D eigenvalue weighted by atomic mass is 16.6. The lowest BCUT2D eigenvalue weighted by Crippen LogP contribution is -2.57. The van der Waals surface area contributed by atoms with Gasteiger partial charge in [-0.15, -0.1) is 0 Å². The molecule has 0 spiro atoms. The second kappa shape index (κ2) is 5.74. The number of carbonyl (C=O) groups is 1. The molecule has 2 rings (SSSR count). The Hall–Kier alpha value is -2.35. The molecule has 1 aliphatic rings. The minimum Gasteiger partial charge on any atom is -0.490 e. The Labute approximate surface area is 115 Å². The van der Waals surface area contributed by atoms with Crippen LogP contribution in [0.2, 0.25) is 0 Å². The highest BCUT2D eigenvalue weighted by Crippen LogP contribution is 2.32. The van der Waals surface area contributed by atoms with E-state index in [1.165, 1.54) is 13.2 Å². The average Bonchev–Trinajstić information content (AvgIpc) is 2.46. The number of ether oxygens (including phenoxy) is 1. The molecule has 8 nitrogen and oxygen atoms in total. The third-order valence-corrected chi connectivity index (χ3v) is 3.26. The van der Waals surface area contributed by atoms with Gasteiger partial charge in [0.1, 0.15) is 6.04 Å². The topological polar surface area (TPSA) is 111 Å². The summed E-state index contributed by atoms with van der Waals surface area (Å²) < 4.78 is 5.03. The highest BCUT2D eigenvalue weighted by molar-refractivity contribution is 5.84. The number of benzene rings is 1. The number of nitro groups is 1. The summed E-state index contributed by atoms with van der Waals surface area (Å²) >= 11 is 0. The molecule has 1 aliphatic heterocycles. The van der Waals surface area contributed by atoms with Crippen LogP contribution in [0.4, 0.5) is 11.4 Å². The number of rotatable bonds is 4. The van der Waals surface area contributed by atoms with E-state index in [1.807, 2.05) is 4.90 Å². The van der Waals surface area contributed by atoms with Crippen LogP contribution in [-0.4, -0.2) is 43.6 Å². The van der Waals surface area contributed by atoms with Crippen LogP contribution < -0.4 is 20.7 Å².